The van der Waals surface area contributed by atoms with E-state index in [1.54, 1.807) is 0 Å². The number of carbonyl (C=O) groups excluding carboxylic acids is 3. The van der Waals surface area contributed by atoms with Crippen molar-refractivity contribution < 1.29 is 33.3 Å². The van der Waals surface area contributed by atoms with Crippen LogP contribution in [0.25, 0.3) is 0 Å². The van der Waals surface area contributed by atoms with Crippen molar-refractivity contribution in [2.45, 2.75) is 259 Å². The number of amides is 1. The fourth-order valence-electron chi connectivity index (χ4n) is 8.59. The SMILES string of the molecule is CCCCCCC(CCCC)COC(=O)CCCCCCCOCC(COCCCCCCCC(=O)OCC(CCCC)CCCCCC)N(CCCCN(C)C)C(=O)CCSSCCCCC. The Morgan fingerprint density at radius 3 is 1.31 bits per heavy atom. The molecule has 0 saturated heterocycles. The highest BCUT2D eigenvalue weighted by molar-refractivity contribution is 8.76. The lowest BCUT2D eigenvalue weighted by Gasteiger charge is -2.32. The van der Waals surface area contributed by atoms with Gasteiger partial charge in [-0.25, -0.2) is 0 Å². The van der Waals surface area contributed by atoms with Crippen LogP contribution in [0.1, 0.15) is 253 Å². The van der Waals surface area contributed by atoms with E-state index >= 15 is 0 Å². The van der Waals surface area contributed by atoms with E-state index in [2.05, 4.69) is 58.5 Å². The molecule has 0 fully saturated rings. The molecule has 1 amide bonds. The van der Waals surface area contributed by atoms with E-state index in [4.69, 9.17) is 18.9 Å². The molecule has 68 heavy (non-hydrogen) atoms. The fourth-order valence-corrected chi connectivity index (χ4v) is 10.7. The second-order valence-electron chi connectivity index (χ2n) is 20.1. The zero-order valence-electron chi connectivity index (χ0n) is 45.9. The summed E-state index contributed by atoms with van der Waals surface area (Å²) in [6, 6.07) is -0.114. The van der Waals surface area contributed by atoms with Gasteiger partial charge in [-0.1, -0.05) is 185 Å². The van der Waals surface area contributed by atoms with E-state index in [9.17, 15) is 14.4 Å². The predicted molar refractivity (Wildman–Crippen MR) is 295 cm³/mol. The molecule has 11 heteroatoms. The summed E-state index contributed by atoms with van der Waals surface area (Å²) in [6.07, 6.45) is 36.9. The van der Waals surface area contributed by atoms with Gasteiger partial charge >= 0.3 is 11.9 Å². The van der Waals surface area contributed by atoms with Crippen LogP contribution in [-0.4, -0.2) is 112 Å². The first-order valence-corrected chi connectivity index (χ1v) is 31.4. The maximum atomic E-state index is 13.9. The van der Waals surface area contributed by atoms with E-state index in [-0.39, 0.29) is 23.9 Å². The molecule has 0 aromatic carbocycles. The molecule has 0 radical (unpaired) electrons. The monoisotopic (exact) mass is 1000 g/mol. The number of hydrogen-bond acceptors (Lipinski definition) is 10. The molecule has 0 aliphatic carbocycles. The van der Waals surface area contributed by atoms with E-state index in [1.807, 2.05) is 21.6 Å². The topological polar surface area (TPSA) is 94.6 Å². The van der Waals surface area contributed by atoms with Crippen LogP contribution < -0.4 is 0 Å². The number of nitrogens with zero attached hydrogens (tertiary/aromatic N) is 2. The second kappa shape index (κ2) is 52.3. The summed E-state index contributed by atoms with van der Waals surface area (Å²) in [5.74, 6) is 3.11. The highest BCUT2D eigenvalue weighted by atomic mass is 33.1. The van der Waals surface area contributed by atoms with Crippen LogP contribution in [0.4, 0.5) is 0 Å². The van der Waals surface area contributed by atoms with Gasteiger partial charge in [0, 0.05) is 50.5 Å². The molecule has 0 aliphatic rings. The fraction of sp³-hybridized carbons (Fsp3) is 0.947. The van der Waals surface area contributed by atoms with Crippen molar-refractivity contribution in [3.63, 3.8) is 0 Å². The molecule has 0 aromatic heterocycles. The third-order valence-corrected chi connectivity index (χ3v) is 15.6. The van der Waals surface area contributed by atoms with Gasteiger partial charge in [-0.3, -0.25) is 14.4 Å². The third kappa shape index (κ3) is 44.9. The lowest BCUT2D eigenvalue weighted by Crippen LogP contribution is -2.46. The van der Waals surface area contributed by atoms with Crippen LogP contribution in [-0.2, 0) is 33.3 Å². The first kappa shape index (κ1) is 67.0. The van der Waals surface area contributed by atoms with Crippen LogP contribution in [0.3, 0.4) is 0 Å². The molecule has 0 bridgehead atoms. The van der Waals surface area contributed by atoms with Gasteiger partial charge in [-0.2, -0.15) is 0 Å². The molecule has 0 aliphatic heterocycles. The largest absolute Gasteiger partial charge is 0.465 e. The summed E-state index contributed by atoms with van der Waals surface area (Å²) in [6.45, 7) is 16.4. The number of unbranched alkanes of at least 4 members (excludes halogenated alkanes) is 19. The van der Waals surface area contributed by atoms with Crippen LogP contribution in [0, 0.1) is 11.8 Å². The average molecular weight is 1000 g/mol. The minimum atomic E-state index is -0.114. The van der Waals surface area contributed by atoms with Gasteiger partial charge in [-0.15, -0.1) is 0 Å². The number of ether oxygens (including phenoxy) is 4. The molecular formula is C57H112N2O7S2. The van der Waals surface area contributed by atoms with E-state index in [0.717, 1.165) is 114 Å². The summed E-state index contributed by atoms with van der Waals surface area (Å²) < 4.78 is 24.2. The van der Waals surface area contributed by atoms with Crippen LogP contribution >= 0.6 is 21.6 Å². The molecule has 0 saturated carbocycles. The standard InChI is InChI=1S/C57H112N2O7S2/c1-8-13-18-26-37-52(35-16-11-4)48-65-56(61)39-28-22-20-24-32-44-63-50-54(59(43-31-30-42-58(6)7)55(60)41-47-68-67-46-34-15-10-3)51-64-45-33-25-21-23-29-40-57(62)66-49-53(36-17-12-5)38-27-19-14-9-2/h52-54H,8-51H2,1-7H3. The summed E-state index contributed by atoms with van der Waals surface area (Å²) in [4.78, 5) is 43.3. The normalized spacial score (nSPS) is 12.9. The van der Waals surface area contributed by atoms with Gasteiger partial charge in [0.1, 0.15) is 0 Å². The number of esters is 2. The lowest BCUT2D eigenvalue weighted by molar-refractivity contribution is -0.146. The average Bonchev–Trinajstić information content (AvgIpc) is 3.33. The number of carbonyl (C=O) groups is 3. The van der Waals surface area contributed by atoms with Crippen LogP contribution in [0.2, 0.25) is 0 Å². The van der Waals surface area contributed by atoms with Gasteiger partial charge in [0.25, 0.3) is 0 Å². The molecule has 404 valence electrons. The van der Waals surface area contributed by atoms with Crippen molar-refractivity contribution in [1.29, 1.82) is 0 Å². The molecule has 0 aromatic rings. The Hall–Kier alpha value is -1.01. The summed E-state index contributed by atoms with van der Waals surface area (Å²) in [7, 11) is 7.93. The van der Waals surface area contributed by atoms with Crippen LogP contribution in [0.15, 0.2) is 0 Å². The quantitative estimate of drug-likeness (QED) is 0.0333. The molecule has 2 atom stereocenters. The van der Waals surface area contributed by atoms with Gasteiger partial charge in [0.2, 0.25) is 5.91 Å². The number of hydrogen-bond donors (Lipinski definition) is 0. The molecule has 0 heterocycles. The molecule has 0 N–H and O–H groups in total. The Morgan fingerprint density at radius 1 is 0.412 bits per heavy atom. The zero-order chi connectivity index (χ0) is 50.0. The first-order valence-electron chi connectivity index (χ1n) is 28.9. The smallest absolute Gasteiger partial charge is 0.305 e. The Kier molecular flexibility index (Phi) is 51.5. The van der Waals surface area contributed by atoms with Crippen molar-refractivity contribution in [2.75, 3.05) is 78.3 Å². The third-order valence-electron chi connectivity index (χ3n) is 13.1. The van der Waals surface area contributed by atoms with Gasteiger partial charge in [0.05, 0.1) is 32.5 Å². The van der Waals surface area contributed by atoms with E-state index in [0.29, 0.717) is 70.7 Å². The Labute approximate surface area is 429 Å². The molecule has 0 spiro atoms. The Balaban J connectivity index is 4.97. The van der Waals surface area contributed by atoms with Gasteiger partial charge in [0.15, 0.2) is 0 Å². The zero-order valence-corrected chi connectivity index (χ0v) is 47.5. The molecule has 2 unspecified atom stereocenters. The summed E-state index contributed by atoms with van der Waals surface area (Å²) in [5, 5.41) is 0. The summed E-state index contributed by atoms with van der Waals surface area (Å²) >= 11 is 0. The molecule has 9 nitrogen and oxygen atoms in total. The maximum absolute atomic E-state index is 13.9. The van der Waals surface area contributed by atoms with E-state index in [1.165, 1.54) is 109 Å². The van der Waals surface area contributed by atoms with Gasteiger partial charge < -0.3 is 28.7 Å². The molecular weight excluding hydrogens is 889 g/mol. The highest BCUT2D eigenvalue weighted by Gasteiger charge is 2.24. The van der Waals surface area contributed by atoms with E-state index < -0.39 is 0 Å². The lowest BCUT2D eigenvalue weighted by atomic mass is 9.96. The van der Waals surface area contributed by atoms with Crippen molar-refractivity contribution in [2.24, 2.45) is 11.8 Å². The first-order chi connectivity index (χ1) is 33.2. The Morgan fingerprint density at radius 2 is 0.824 bits per heavy atom. The summed E-state index contributed by atoms with van der Waals surface area (Å²) in [5.41, 5.74) is 0. The number of rotatable bonds is 54. The Bertz CT molecular complexity index is 1040. The van der Waals surface area contributed by atoms with Crippen molar-refractivity contribution in [3.8, 4) is 0 Å². The predicted octanol–water partition coefficient (Wildman–Crippen LogP) is 15.8. The minimum Gasteiger partial charge on any atom is -0.465 e. The van der Waals surface area contributed by atoms with Crippen molar-refractivity contribution >= 4 is 39.4 Å². The van der Waals surface area contributed by atoms with Crippen molar-refractivity contribution in [3.05, 3.63) is 0 Å². The van der Waals surface area contributed by atoms with Crippen LogP contribution in [0.5, 0.6) is 0 Å². The minimum absolute atomic E-state index is 0.0368. The second-order valence-corrected chi connectivity index (χ2v) is 22.8. The maximum Gasteiger partial charge on any atom is 0.305 e. The highest BCUT2D eigenvalue weighted by Crippen LogP contribution is 2.25. The molecule has 0 rings (SSSR count). The van der Waals surface area contributed by atoms with Crippen molar-refractivity contribution in [1.82, 2.24) is 9.80 Å². The van der Waals surface area contributed by atoms with Gasteiger partial charge in [-0.05, 0) is 103 Å².